The van der Waals surface area contributed by atoms with Gasteiger partial charge in [0.15, 0.2) is 0 Å². The van der Waals surface area contributed by atoms with Gasteiger partial charge in [-0.1, -0.05) is 11.6 Å². The molecule has 0 saturated heterocycles. The zero-order valence-corrected chi connectivity index (χ0v) is 11.4. The number of aliphatic hydroxyl groups excluding tert-OH is 1. The van der Waals surface area contributed by atoms with Gasteiger partial charge in [-0.3, -0.25) is 4.98 Å². The highest BCUT2D eigenvalue weighted by Crippen LogP contribution is 2.22. The standard InChI is InChI=1S/C12H12ClNOS2/c13-9-1-3-11(4-2-9)16-7-10(15)5-12-6-14-8-17-12/h1-4,6,8,10,15H,5,7H2. The highest BCUT2D eigenvalue weighted by atomic mass is 35.5. The van der Waals surface area contributed by atoms with Crippen molar-refractivity contribution in [3.05, 3.63) is 45.9 Å². The average molecular weight is 286 g/mol. The van der Waals surface area contributed by atoms with E-state index in [4.69, 9.17) is 11.6 Å². The molecule has 2 rings (SSSR count). The molecule has 17 heavy (non-hydrogen) atoms. The smallest absolute Gasteiger partial charge is 0.0794 e. The molecule has 0 bridgehead atoms. The predicted molar refractivity (Wildman–Crippen MR) is 74.0 cm³/mol. The molecule has 0 aliphatic carbocycles. The maximum atomic E-state index is 9.87. The van der Waals surface area contributed by atoms with Crippen LogP contribution in [0.1, 0.15) is 4.88 Å². The summed E-state index contributed by atoms with van der Waals surface area (Å²) in [7, 11) is 0. The lowest BCUT2D eigenvalue weighted by atomic mass is 10.3. The third-order valence-corrected chi connectivity index (χ3v) is 4.39. The Morgan fingerprint density at radius 3 is 2.76 bits per heavy atom. The van der Waals surface area contributed by atoms with Gasteiger partial charge in [0.05, 0.1) is 11.6 Å². The second-order valence-corrected chi connectivity index (χ2v) is 6.09. The van der Waals surface area contributed by atoms with Crippen LogP contribution < -0.4 is 0 Å². The van der Waals surface area contributed by atoms with Crippen molar-refractivity contribution in [2.75, 3.05) is 5.75 Å². The molecule has 1 N–H and O–H groups in total. The fraction of sp³-hybridized carbons (Fsp3) is 0.250. The van der Waals surface area contributed by atoms with Crippen molar-refractivity contribution in [2.45, 2.75) is 17.4 Å². The van der Waals surface area contributed by atoms with Crippen LogP contribution in [0.5, 0.6) is 0 Å². The Bertz CT molecular complexity index is 444. The summed E-state index contributed by atoms with van der Waals surface area (Å²) in [5.74, 6) is 0.680. The minimum Gasteiger partial charge on any atom is -0.392 e. The number of benzene rings is 1. The van der Waals surface area contributed by atoms with Gasteiger partial charge in [0.1, 0.15) is 0 Å². The second-order valence-electron chi connectivity index (χ2n) is 3.59. The first-order valence-corrected chi connectivity index (χ1v) is 7.42. The Labute approximate surface area is 114 Å². The topological polar surface area (TPSA) is 33.1 Å². The number of thioether (sulfide) groups is 1. The number of hydrogen-bond acceptors (Lipinski definition) is 4. The van der Waals surface area contributed by atoms with E-state index in [1.165, 1.54) is 0 Å². The Kier molecular flexibility index (Phi) is 4.86. The summed E-state index contributed by atoms with van der Waals surface area (Å²) < 4.78 is 0. The van der Waals surface area contributed by atoms with Crippen molar-refractivity contribution < 1.29 is 5.11 Å². The number of thiazole rings is 1. The number of halogens is 1. The fourth-order valence-electron chi connectivity index (χ4n) is 1.36. The molecule has 2 aromatic rings. The summed E-state index contributed by atoms with van der Waals surface area (Å²) >= 11 is 9.02. The molecule has 5 heteroatoms. The SMILES string of the molecule is OC(CSc1ccc(Cl)cc1)Cc1cncs1. The quantitative estimate of drug-likeness (QED) is 0.854. The Morgan fingerprint density at radius 1 is 1.35 bits per heavy atom. The molecule has 1 unspecified atom stereocenters. The number of rotatable bonds is 5. The van der Waals surface area contributed by atoms with Crippen LogP contribution in [0.3, 0.4) is 0 Å². The van der Waals surface area contributed by atoms with E-state index in [1.807, 2.05) is 24.3 Å². The van der Waals surface area contributed by atoms with Crippen LogP contribution in [0.15, 0.2) is 40.9 Å². The van der Waals surface area contributed by atoms with Crippen LogP contribution in [-0.2, 0) is 6.42 Å². The highest BCUT2D eigenvalue weighted by molar-refractivity contribution is 7.99. The van der Waals surface area contributed by atoms with E-state index in [9.17, 15) is 5.11 Å². The first-order valence-electron chi connectivity index (χ1n) is 5.18. The number of aliphatic hydroxyl groups is 1. The third-order valence-electron chi connectivity index (χ3n) is 2.18. The number of aromatic nitrogens is 1. The van der Waals surface area contributed by atoms with Crippen molar-refractivity contribution in [3.8, 4) is 0 Å². The molecular formula is C12H12ClNOS2. The van der Waals surface area contributed by atoms with E-state index in [2.05, 4.69) is 4.98 Å². The average Bonchev–Trinajstić information content (AvgIpc) is 2.81. The van der Waals surface area contributed by atoms with Crippen LogP contribution in [-0.4, -0.2) is 21.9 Å². The van der Waals surface area contributed by atoms with Crippen molar-refractivity contribution in [3.63, 3.8) is 0 Å². The molecule has 0 aliphatic rings. The van der Waals surface area contributed by atoms with Gasteiger partial charge < -0.3 is 5.11 Å². The third kappa shape index (κ3) is 4.32. The van der Waals surface area contributed by atoms with Gasteiger partial charge in [0.25, 0.3) is 0 Å². The number of hydrogen-bond donors (Lipinski definition) is 1. The van der Waals surface area contributed by atoms with E-state index in [1.54, 1.807) is 34.8 Å². The zero-order chi connectivity index (χ0) is 12.1. The second kappa shape index (κ2) is 6.40. The van der Waals surface area contributed by atoms with Crippen LogP contribution in [0.25, 0.3) is 0 Å². The lowest BCUT2D eigenvalue weighted by Crippen LogP contribution is -2.12. The maximum Gasteiger partial charge on any atom is 0.0794 e. The molecule has 90 valence electrons. The van der Waals surface area contributed by atoms with Gasteiger partial charge in [-0.2, -0.15) is 0 Å². The lowest BCUT2D eigenvalue weighted by molar-refractivity contribution is 0.201. The van der Waals surface area contributed by atoms with Gasteiger partial charge in [-0.15, -0.1) is 23.1 Å². The lowest BCUT2D eigenvalue weighted by Gasteiger charge is -2.08. The van der Waals surface area contributed by atoms with Crippen molar-refractivity contribution >= 4 is 34.7 Å². The molecule has 0 aliphatic heterocycles. The highest BCUT2D eigenvalue weighted by Gasteiger charge is 2.07. The Hall–Kier alpha value is -0.550. The summed E-state index contributed by atoms with van der Waals surface area (Å²) in [6.45, 7) is 0. The monoisotopic (exact) mass is 285 g/mol. The van der Waals surface area contributed by atoms with E-state index in [0.29, 0.717) is 12.2 Å². The van der Waals surface area contributed by atoms with Crippen molar-refractivity contribution in [2.24, 2.45) is 0 Å². The van der Waals surface area contributed by atoms with E-state index >= 15 is 0 Å². The van der Waals surface area contributed by atoms with Gasteiger partial charge >= 0.3 is 0 Å². The number of nitrogens with zero attached hydrogens (tertiary/aromatic N) is 1. The molecule has 0 fully saturated rings. The largest absolute Gasteiger partial charge is 0.392 e. The summed E-state index contributed by atoms with van der Waals surface area (Å²) in [6.07, 6.45) is 2.14. The zero-order valence-electron chi connectivity index (χ0n) is 9.04. The van der Waals surface area contributed by atoms with Gasteiger partial charge in [-0.25, -0.2) is 0 Å². The van der Waals surface area contributed by atoms with Crippen molar-refractivity contribution in [1.82, 2.24) is 4.98 Å². The molecule has 0 saturated carbocycles. The minimum absolute atomic E-state index is 0.337. The normalized spacial score (nSPS) is 12.6. The Balaban J connectivity index is 1.79. The van der Waals surface area contributed by atoms with Gasteiger partial charge in [0, 0.05) is 33.2 Å². The molecule has 1 heterocycles. The van der Waals surface area contributed by atoms with Gasteiger partial charge in [0.2, 0.25) is 0 Å². The molecule has 0 spiro atoms. The van der Waals surface area contributed by atoms with E-state index in [0.717, 1.165) is 14.8 Å². The first kappa shape index (κ1) is 12.9. The van der Waals surface area contributed by atoms with Crippen LogP contribution in [0.4, 0.5) is 0 Å². The molecule has 0 amide bonds. The summed E-state index contributed by atoms with van der Waals surface area (Å²) in [6, 6.07) is 7.65. The van der Waals surface area contributed by atoms with E-state index < -0.39 is 0 Å². The molecule has 2 nitrogen and oxygen atoms in total. The molecule has 1 aromatic heterocycles. The van der Waals surface area contributed by atoms with Crippen LogP contribution in [0.2, 0.25) is 5.02 Å². The summed E-state index contributed by atoms with van der Waals surface area (Å²) in [5, 5.41) is 10.6. The first-order chi connectivity index (χ1) is 8.24. The maximum absolute atomic E-state index is 9.87. The van der Waals surface area contributed by atoms with Crippen molar-refractivity contribution in [1.29, 1.82) is 0 Å². The van der Waals surface area contributed by atoms with E-state index in [-0.39, 0.29) is 6.10 Å². The molecule has 1 atom stereocenters. The Morgan fingerprint density at radius 2 is 2.12 bits per heavy atom. The van der Waals surface area contributed by atoms with Gasteiger partial charge in [-0.05, 0) is 24.3 Å². The fourth-order valence-corrected chi connectivity index (χ4v) is 2.98. The predicted octanol–water partition coefficient (Wildman–Crippen LogP) is 3.49. The molecule has 0 radical (unpaired) electrons. The summed E-state index contributed by atoms with van der Waals surface area (Å²) in [4.78, 5) is 6.23. The van der Waals surface area contributed by atoms with Crippen LogP contribution >= 0.6 is 34.7 Å². The van der Waals surface area contributed by atoms with Crippen LogP contribution in [0, 0.1) is 0 Å². The minimum atomic E-state index is -0.337. The summed E-state index contributed by atoms with van der Waals surface area (Å²) in [5.41, 5.74) is 1.79. The molecule has 1 aromatic carbocycles. The molecular weight excluding hydrogens is 274 g/mol.